The second kappa shape index (κ2) is 5.01. The summed E-state index contributed by atoms with van der Waals surface area (Å²) in [4.78, 5) is 11.9. The van der Waals surface area contributed by atoms with Crippen LogP contribution in [0.25, 0.3) is 0 Å². The van der Waals surface area contributed by atoms with Gasteiger partial charge < -0.3 is 15.2 Å². The van der Waals surface area contributed by atoms with Gasteiger partial charge in [-0.3, -0.25) is 0 Å². The van der Waals surface area contributed by atoms with Gasteiger partial charge in [0.15, 0.2) is 0 Å². The van der Waals surface area contributed by atoms with Crippen molar-refractivity contribution in [3.05, 3.63) is 51.7 Å². The zero-order valence-electron chi connectivity index (χ0n) is 9.40. The van der Waals surface area contributed by atoms with Crippen LogP contribution in [0.5, 0.6) is 0 Å². The smallest absolute Gasteiger partial charge is 0.0715 e. The third-order valence-corrected chi connectivity index (χ3v) is 3.56. The van der Waals surface area contributed by atoms with Crippen LogP contribution < -0.4 is 10.4 Å². The highest BCUT2D eigenvalue weighted by Crippen LogP contribution is 2.17. The molecule has 0 radical (unpaired) electrons. The molecule has 88 valence electrons. The topological polar surface area (TPSA) is 52.2 Å². The molecule has 0 aliphatic heterocycles. The maximum absolute atomic E-state index is 10.6. The Morgan fingerprint density at radius 1 is 1.29 bits per heavy atom. The van der Waals surface area contributed by atoms with E-state index < -0.39 is 5.97 Å². The lowest BCUT2D eigenvalue weighted by molar-refractivity contribution is -0.255. The Hall–Kier alpha value is -1.81. The highest BCUT2D eigenvalue weighted by molar-refractivity contribution is 7.10. The van der Waals surface area contributed by atoms with E-state index in [9.17, 15) is 9.90 Å². The first kappa shape index (κ1) is 11.7. The number of thiophene rings is 1. The molecule has 0 unspecified atom stereocenters. The van der Waals surface area contributed by atoms with Gasteiger partial charge in [0.1, 0.15) is 0 Å². The first-order chi connectivity index (χ1) is 8.16. The molecule has 0 atom stereocenters. The van der Waals surface area contributed by atoms with Crippen molar-refractivity contribution in [2.45, 2.75) is 13.5 Å². The Kier molecular flexibility index (Phi) is 3.44. The number of nitrogens with one attached hydrogen (secondary N) is 1. The van der Waals surface area contributed by atoms with Gasteiger partial charge in [0, 0.05) is 17.1 Å². The van der Waals surface area contributed by atoms with Crippen LogP contribution in [0.2, 0.25) is 0 Å². The molecule has 2 aromatic rings. The average molecular weight is 246 g/mol. The number of carbonyl (C=O) groups excluding carboxylic acids is 1. The van der Waals surface area contributed by atoms with Crippen LogP contribution in [0.4, 0.5) is 5.69 Å². The minimum absolute atomic E-state index is 0.197. The van der Waals surface area contributed by atoms with Crippen LogP contribution in [-0.4, -0.2) is 5.97 Å². The fraction of sp³-hybridized carbons (Fsp3) is 0.154. The summed E-state index contributed by atoms with van der Waals surface area (Å²) in [6, 6.07) is 8.65. The lowest BCUT2D eigenvalue weighted by atomic mass is 10.2. The summed E-state index contributed by atoms with van der Waals surface area (Å²) in [5.41, 5.74) is 2.37. The van der Waals surface area contributed by atoms with Crippen LogP contribution >= 0.6 is 11.3 Å². The fourth-order valence-corrected chi connectivity index (χ4v) is 2.34. The van der Waals surface area contributed by atoms with E-state index in [-0.39, 0.29) is 5.56 Å². The molecule has 0 amide bonds. The van der Waals surface area contributed by atoms with E-state index in [1.165, 1.54) is 10.4 Å². The lowest BCUT2D eigenvalue weighted by Gasteiger charge is -2.07. The van der Waals surface area contributed by atoms with Crippen LogP contribution in [0.3, 0.4) is 0 Å². The number of rotatable bonds is 4. The highest BCUT2D eigenvalue weighted by atomic mass is 32.1. The molecule has 0 fully saturated rings. The van der Waals surface area contributed by atoms with Gasteiger partial charge in [0.2, 0.25) is 0 Å². The van der Waals surface area contributed by atoms with E-state index in [1.807, 2.05) is 0 Å². The Balaban J connectivity index is 2.00. The highest BCUT2D eigenvalue weighted by Gasteiger charge is 1.99. The SMILES string of the molecule is Cc1ccsc1CNc1ccc(C(=O)[O-])cc1. The van der Waals surface area contributed by atoms with E-state index in [0.29, 0.717) is 0 Å². The van der Waals surface area contributed by atoms with Gasteiger partial charge in [-0.15, -0.1) is 11.3 Å². The molecule has 1 heterocycles. The number of carboxylic acids is 1. The third kappa shape index (κ3) is 2.85. The summed E-state index contributed by atoms with van der Waals surface area (Å²) in [7, 11) is 0. The maximum Gasteiger partial charge on any atom is 0.0715 e. The number of carboxylic acid groups (broad SMARTS) is 1. The molecule has 2 rings (SSSR count). The van der Waals surface area contributed by atoms with E-state index in [4.69, 9.17) is 0 Å². The summed E-state index contributed by atoms with van der Waals surface area (Å²) in [6.07, 6.45) is 0. The molecule has 0 bridgehead atoms. The predicted molar refractivity (Wildman–Crippen MR) is 67.2 cm³/mol. The molecule has 4 heteroatoms. The summed E-state index contributed by atoms with van der Waals surface area (Å²) in [5, 5.41) is 15.9. The Labute approximate surface area is 104 Å². The van der Waals surface area contributed by atoms with Gasteiger partial charge in [-0.25, -0.2) is 0 Å². The summed E-state index contributed by atoms with van der Waals surface area (Å²) in [5.74, 6) is -1.15. The van der Waals surface area contributed by atoms with Crippen molar-refractivity contribution in [1.82, 2.24) is 0 Å². The van der Waals surface area contributed by atoms with E-state index in [0.717, 1.165) is 12.2 Å². The Bertz CT molecular complexity index is 516. The summed E-state index contributed by atoms with van der Waals surface area (Å²) in [6.45, 7) is 2.83. The molecule has 1 N–H and O–H groups in total. The molecule has 1 aromatic carbocycles. The van der Waals surface area contributed by atoms with Crippen molar-refractivity contribution in [1.29, 1.82) is 0 Å². The molecule has 3 nitrogen and oxygen atoms in total. The molecule has 0 spiro atoms. The normalized spacial score (nSPS) is 10.2. The molecular formula is C13H12NO2S-. The van der Waals surface area contributed by atoms with Crippen molar-refractivity contribution in [3.63, 3.8) is 0 Å². The average Bonchev–Trinajstić information content (AvgIpc) is 2.73. The number of carbonyl (C=O) groups is 1. The number of aryl methyl sites for hydroxylation is 1. The number of benzene rings is 1. The van der Waals surface area contributed by atoms with Gasteiger partial charge in [-0.05, 0) is 41.6 Å². The summed E-state index contributed by atoms with van der Waals surface area (Å²) < 4.78 is 0. The van der Waals surface area contributed by atoms with Gasteiger partial charge in [0.05, 0.1) is 5.97 Å². The van der Waals surface area contributed by atoms with Crippen molar-refractivity contribution in [2.75, 3.05) is 5.32 Å². The second-order valence-electron chi connectivity index (χ2n) is 3.75. The largest absolute Gasteiger partial charge is 0.545 e. The fourth-order valence-electron chi connectivity index (χ4n) is 1.49. The van der Waals surface area contributed by atoms with Crippen molar-refractivity contribution in [3.8, 4) is 0 Å². The van der Waals surface area contributed by atoms with E-state index in [2.05, 4.69) is 23.7 Å². The van der Waals surface area contributed by atoms with Crippen LogP contribution in [-0.2, 0) is 6.54 Å². The number of anilines is 1. The zero-order chi connectivity index (χ0) is 12.3. The Morgan fingerprint density at radius 2 is 2.00 bits per heavy atom. The van der Waals surface area contributed by atoms with Gasteiger partial charge >= 0.3 is 0 Å². The molecule has 0 saturated carbocycles. The molecular weight excluding hydrogens is 234 g/mol. The maximum atomic E-state index is 10.6. The monoisotopic (exact) mass is 246 g/mol. The molecule has 0 aliphatic carbocycles. The lowest BCUT2D eigenvalue weighted by Crippen LogP contribution is -2.21. The van der Waals surface area contributed by atoms with Gasteiger partial charge in [-0.2, -0.15) is 0 Å². The van der Waals surface area contributed by atoms with Crippen LogP contribution in [0.1, 0.15) is 20.8 Å². The number of aromatic carboxylic acids is 1. The first-order valence-corrected chi connectivity index (χ1v) is 6.13. The molecule has 1 aromatic heterocycles. The standard InChI is InChI=1S/C13H13NO2S/c1-9-6-7-17-12(9)8-14-11-4-2-10(3-5-11)13(15)16/h2-7,14H,8H2,1H3,(H,15,16)/p-1. The molecule has 0 saturated heterocycles. The third-order valence-electron chi connectivity index (χ3n) is 2.54. The first-order valence-electron chi connectivity index (χ1n) is 5.25. The number of hydrogen-bond acceptors (Lipinski definition) is 4. The second-order valence-corrected chi connectivity index (χ2v) is 4.75. The van der Waals surface area contributed by atoms with Crippen LogP contribution in [0, 0.1) is 6.92 Å². The van der Waals surface area contributed by atoms with Crippen molar-refractivity contribution < 1.29 is 9.90 Å². The van der Waals surface area contributed by atoms with E-state index in [1.54, 1.807) is 35.6 Å². The van der Waals surface area contributed by atoms with Gasteiger partial charge in [0.25, 0.3) is 0 Å². The van der Waals surface area contributed by atoms with Crippen LogP contribution in [0.15, 0.2) is 35.7 Å². The predicted octanol–water partition coefficient (Wildman–Crippen LogP) is 2.03. The summed E-state index contributed by atoms with van der Waals surface area (Å²) >= 11 is 1.71. The van der Waals surface area contributed by atoms with Crippen molar-refractivity contribution >= 4 is 23.0 Å². The minimum Gasteiger partial charge on any atom is -0.545 e. The Morgan fingerprint density at radius 3 is 2.53 bits per heavy atom. The minimum atomic E-state index is -1.15. The van der Waals surface area contributed by atoms with Crippen molar-refractivity contribution in [2.24, 2.45) is 0 Å². The van der Waals surface area contributed by atoms with Gasteiger partial charge in [-0.1, -0.05) is 12.1 Å². The zero-order valence-corrected chi connectivity index (χ0v) is 10.2. The van der Waals surface area contributed by atoms with E-state index >= 15 is 0 Å². The number of hydrogen-bond donors (Lipinski definition) is 1. The molecule has 0 aliphatic rings. The molecule has 17 heavy (non-hydrogen) atoms. The quantitative estimate of drug-likeness (QED) is 0.898.